The smallest absolute Gasteiger partial charge is 0.404 e. The number of sulfonamides is 1. The average molecular weight is 459 g/mol. The molecule has 2 rings (SSSR count). The van der Waals surface area contributed by atoms with Crippen molar-refractivity contribution in [2.24, 2.45) is 0 Å². The first-order valence-corrected chi connectivity index (χ1v) is 11.4. The number of benzene rings is 1. The molecule has 0 atom stereocenters. The van der Waals surface area contributed by atoms with E-state index in [0.717, 1.165) is 22.3 Å². The van der Waals surface area contributed by atoms with E-state index in [1.165, 1.54) is 0 Å². The third kappa shape index (κ3) is 9.93. The highest BCUT2D eigenvalue weighted by Gasteiger charge is 2.34. The van der Waals surface area contributed by atoms with E-state index < -0.39 is 22.0 Å². The molecule has 0 saturated carbocycles. The van der Waals surface area contributed by atoms with Crippen LogP contribution >= 0.6 is 0 Å². The van der Waals surface area contributed by atoms with Gasteiger partial charge in [-0.25, -0.2) is 13.1 Å². The first kappa shape index (κ1) is 24.8. The second-order valence-electron chi connectivity index (χ2n) is 7.02. The fourth-order valence-corrected chi connectivity index (χ4v) is 4.01. The van der Waals surface area contributed by atoms with Crippen molar-refractivity contribution in [3.8, 4) is 0 Å². The highest BCUT2D eigenvalue weighted by atomic mass is 32.2. The van der Waals surface area contributed by atoms with Crippen LogP contribution in [0.5, 0.6) is 0 Å². The Labute approximate surface area is 179 Å². The molecule has 0 amide bonds. The molecule has 1 N–H and O–H groups in total. The molecular formula is C21H25F3N2O4S. The molecular weight excluding hydrogens is 433 g/mol. The van der Waals surface area contributed by atoms with Crippen molar-refractivity contribution in [3.05, 3.63) is 65.0 Å². The second kappa shape index (κ2) is 11.2. The highest BCUT2D eigenvalue weighted by molar-refractivity contribution is 7.89. The van der Waals surface area contributed by atoms with Gasteiger partial charge in [0.2, 0.25) is 10.0 Å². The molecule has 0 spiro atoms. The molecule has 0 aliphatic heterocycles. The van der Waals surface area contributed by atoms with Crippen LogP contribution in [-0.4, -0.2) is 44.5 Å². The Balaban J connectivity index is 2.11. The van der Waals surface area contributed by atoms with Gasteiger partial charge in [-0.3, -0.25) is 9.78 Å². The fraction of sp³-hybridized carbons (Fsp3) is 0.429. The zero-order valence-electron chi connectivity index (χ0n) is 17.1. The van der Waals surface area contributed by atoms with E-state index in [1.807, 2.05) is 35.1 Å². The minimum absolute atomic E-state index is 0.161. The van der Waals surface area contributed by atoms with Crippen LogP contribution in [0.4, 0.5) is 13.2 Å². The third-order valence-electron chi connectivity index (χ3n) is 4.26. The molecule has 1 aromatic carbocycles. The summed E-state index contributed by atoms with van der Waals surface area (Å²) in [6.07, 6.45) is 0.0241. The zero-order chi connectivity index (χ0) is 22.9. The van der Waals surface area contributed by atoms with Crippen LogP contribution in [0.25, 0.3) is 0 Å². The van der Waals surface area contributed by atoms with Crippen molar-refractivity contribution in [1.29, 1.82) is 0 Å². The van der Waals surface area contributed by atoms with Crippen molar-refractivity contribution in [1.82, 2.24) is 9.71 Å². The third-order valence-corrected chi connectivity index (χ3v) is 5.61. The quantitative estimate of drug-likeness (QED) is 0.523. The van der Waals surface area contributed by atoms with Gasteiger partial charge in [0.05, 0.1) is 6.61 Å². The van der Waals surface area contributed by atoms with Gasteiger partial charge < -0.3 is 4.74 Å². The Morgan fingerprint density at radius 3 is 2.39 bits per heavy atom. The predicted octanol–water partition coefficient (Wildman–Crippen LogP) is 3.19. The van der Waals surface area contributed by atoms with Crippen LogP contribution in [0, 0.1) is 0 Å². The lowest BCUT2D eigenvalue weighted by Gasteiger charge is -2.12. The summed E-state index contributed by atoms with van der Waals surface area (Å²) in [6, 6.07) is 9.38. The van der Waals surface area contributed by atoms with E-state index in [0.29, 0.717) is 19.4 Å². The van der Waals surface area contributed by atoms with Crippen molar-refractivity contribution >= 4 is 16.0 Å². The standard InChI is InChI=1S/C21H25F3N2O4S/c1-2-30-20(27)6-5-16-10-17(7-9-26-31(28,29)15-21(22,23)24)12-19(11-16)13-18-4-3-8-25-14-18/h3-4,8,10-12,14,26H,2,5-7,9,13,15H2,1H3. The van der Waals surface area contributed by atoms with Gasteiger partial charge in [0.15, 0.2) is 5.75 Å². The van der Waals surface area contributed by atoms with Gasteiger partial charge in [-0.05, 0) is 54.5 Å². The molecule has 0 fully saturated rings. The van der Waals surface area contributed by atoms with E-state index >= 15 is 0 Å². The van der Waals surface area contributed by atoms with E-state index in [2.05, 4.69) is 4.98 Å². The molecule has 0 radical (unpaired) electrons. The van der Waals surface area contributed by atoms with Gasteiger partial charge in [0.25, 0.3) is 0 Å². The Morgan fingerprint density at radius 1 is 1.10 bits per heavy atom. The summed E-state index contributed by atoms with van der Waals surface area (Å²) < 4.78 is 67.1. The summed E-state index contributed by atoms with van der Waals surface area (Å²) in [5.74, 6) is -2.23. The number of carbonyl (C=O) groups is 1. The van der Waals surface area contributed by atoms with Crippen LogP contribution in [-0.2, 0) is 38.8 Å². The molecule has 0 aliphatic rings. The Bertz CT molecular complexity index is 964. The fourth-order valence-electron chi connectivity index (χ4n) is 3.07. The number of rotatable bonds is 11. The monoisotopic (exact) mass is 458 g/mol. The summed E-state index contributed by atoms with van der Waals surface area (Å²) in [4.78, 5) is 15.8. The highest BCUT2D eigenvalue weighted by Crippen LogP contribution is 2.18. The lowest BCUT2D eigenvalue weighted by Crippen LogP contribution is -2.34. The first-order chi connectivity index (χ1) is 14.6. The number of hydrogen-bond acceptors (Lipinski definition) is 5. The van der Waals surface area contributed by atoms with E-state index in [4.69, 9.17) is 4.74 Å². The summed E-state index contributed by atoms with van der Waals surface area (Å²) in [5.41, 5.74) is 3.53. The molecule has 0 aliphatic carbocycles. The Hall–Kier alpha value is -2.46. The topological polar surface area (TPSA) is 85.4 Å². The van der Waals surface area contributed by atoms with E-state index in [1.54, 1.807) is 19.3 Å². The summed E-state index contributed by atoms with van der Waals surface area (Å²) in [7, 11) is -4.45. The molecule has 1 heterocycles. The maximum absolute atomic E-state index is 12.4. The van der Waals surface area contributed by atoms with Gasteiger partial charge in [0, 0.05) is 25.4 Å². The number of halogens is 3. The van der Waals surface area contributed by atoms with Gasteiger partial charge in [-0.2, -0.15) is 13.2 Å². The summed E-state index contributed by atoms with van der Waals surface area (Å²) in [6.45, 7) is 1.86. The number of nitrogens with zero attached hydrogens (tertiary/aromatic N) is 1. The molecule has 1 aromatic heterocycles. The molecule has 0 bridgehead atoms. The number of ether oxygens (including phenoxy) is 1. The zero-order valence-corrected chi connectivity index (χ0v) is 17.9. The Morgan fingerprint density at radius 2 is 1.77 bits per heavy atom. The second-order valence-corrected chi connectivity index (χ2v) is 8.83. The van der Waals surface area contributed by atoms with Gasteiger partial charge >= 0.3 is 12.1 Å². The first-order valence-electron chi connectivity index (χ1n) is 9.76. The SMILES string of the molecule is CCOC(=O)CCc1cc(CCNS(=O)(=O)CC(F)(F)F)cc(Cc2cccnc2)c1. The number of hydrogen-bond donors (Lipinski definition) is 1. The Kier molecular flexibility index (Phi) is 9.00. The van der Waals surface area contributed by atoms with E-state index in [9.17, 15) is 26.4 Å². The minimum atomic E-state index is -4.80. The number of esters is 1. The lowest BCUT2D eigenvalue weighted by atomic mass is 9.97. The van der Waals surface area contributed by atoms with Crippen LogP contribution in [0.15, 0.2) is 42.7 Å². The normalized spacial score (nSPS) is 12.0. The molecule has 10 heteroatoms. The number of aromatic nitrogens is 1. The van der Waals surface area contributed by atoms with Gasteiger partial charge in [0.1, 0.15) is 0 Å². The number of nitrogens with one attached hydrogen (secondary N) is 1. The maximum atomic E-state index is 12.4. The predicted molar refractivity (Wildman–Crippen MR) is 110 cm³/mol. The number of carbonyl (C=O) groups excluding carboxylic acids is 1. The van der Waals surface area contributed by atoms with Crippen molar-refractivity contribution in [2.75, 3.05) is 18.9 Å². The van der Waals surface area contributed by atoms with Crippen LogP contribution in [0.1, 0.15) is 35.6 Å². The lowest BCUT2D eigenvalue weighted by molar-refractivity contribution is -0.143. The molecule has 170 valence electrons. The van der Waals surface area contributed by atoms with Crippen molar-refractivity contribution in [2.45, 2.75) is 38.8 Å². The molecule has 6 nitrogen and oxygen atoms in total. The number of aryl methyl sites for hydroxylation is 1. The van der Waals surface area contributed by atoms with Crippen LogP contribution in [0.2, 0.25) is 0 Å². The molecule has 2 aromatic rings. The van der Waals surface area contributed by atoms with Crippen molar-refractivity contribution in [3.63, 3.8) is 0 Å². The van der Waals surface area contributed by atoms with Gasteiger partial charge in [-0.15, -0.1) is 0 Å². The molecule has 0 unspecified atom stereocenters. The number of alkyl halides is 3. The summed E-state index contributed by atoms with van der Waals surface area (Å²) in [5, 5.41) is 0. The van der Waals surface area contributed by atoms with Crippen LogP contribution < -0.4 is 4.72 Å². The van der Waals surface area contributed by atoms with Crippen molar-refractivity contribution < 1.29 is 31.1 Å². The minimum Gasteiger partial charge on any atom is -0.466 e. The maximum Gasteiger partial charge on any atom is 0.404 e. The number of pyridine rings is 1. The molecule has 31 heavy (non-hydrogen) atoms. The average Bonchev–Trinajstić information content (AvgIpc) is 2.65. The largest absolute Gasteiger partial charge is 0.466 e. The summed E-state index contributed by atoms with van der Waals surface area (Å²) >= 11 is 0. The molecule has 0 saturated heterocycles. The van der Waals surface area contributed by atoms with Crippen LogP contribution in [0.3, 0.4) is 0 Å². The van der Waals surface area contributed by atoms with Gasteiger partial charge in [-0.1, -0.05) is 24.3 Å². The van der Waals surface area contributed by atoms with E-state index in [-0.39, 0.29) is 25.4 Å².